The predicted molar refractivity (Wildman–Crippen MR) is 66.2 cm³/mol. The zero-order valence-electron chi connectivity index (χ0n) is 10.2. The van der Waals surface area contributed by atoms with Gasteiger partial charge >= 0.3 is 0 Å². The molecule has 1 aromatic carbocycles. The van der Waals surface area contributed by atoms with Crippen LogP contribution in [0, 0.1) is 19.8 Å². The third-order valence-electron chi connectivity index (χ3n) is 4.25. The van der Waals surface area contributed by atoms with Gasteiger partial charge in [0.05, 0.1) is 0 Å². The molecule has 2 fully saturated rings. The minimum atomic E-state index is 0.180. The minimum Gasteiger partial charge on any atom is -0.324 e. The lowest BCUT2D eigenvalue weighted by molar-refractivity contribution is 0.290. The topological polar surface area (TPSA) is 29.3 Å². The van der Waals surface area contributed by atoms with E-state index in [1.807, 2.05) is 0 Å². The molecule has 1 saturated carbocycles. The Morgan fingerprint density at radius 1 is 1.38 bits per heavy atom. The second-order valence-electron chi connectivity index (χ2n) is 5.72. The lowest BCUT2D eigenvalue weighted by Gasteiger charge is -2.19. The number of likely N-dealkylation sites (tertiary alicyclic amines) is 1. The first-order valence-electron chi connectivity index (χ1n) is 6.14. The van der Waals surface area contributed by atoms with Crippen LogP contribution < -0.4 is 5.73 Å². The molecule has 2 N–H and O–H groups in total. The molecule has 1 aliphatic carbocycles. The fraction of sp³-hybridized carbons (Fsp3) is 0.571. The Morgan fingerprint density at radius 3 is 2.81 bits per heavy atom. The molecular formula is C14H20N2. The number of fused-ring (bicyclic) bond motifs is 1. The van der Waals surface area contributed by atoms with Crippen LogP contribution in [0.4, 0.5) is 0 Å². The second kappa shape index (κ2) is 3.31. The van der Waals surface area contributed by atoms with E-state index in [0.717, 1.165) is 19.0 Å². The van der Waals surface area contributed by atoms with Crippen LogP contribution in [0.1, 0.15) is 23.1 Å². The maximum absolute atomic E-state index is 6.21. The van der Waals surface area contributed by atoms with E-state index in [-0.39, 0.29) is 5.54 Å². The van der Waals surface area contributed by atoms with Crippen molar-refractivity contribution in [1.82, 2.24) is 4.90 Å². The molecule has 0 bridgehead atoms. The molecule has 0 unspecified atom stereocenters. The number of benzene rings is 1. The van der Waals surface area contributed by atoms with Crippen molar-refractivity contribution in [2.45, 2.75) is 32.4 Å². The molecule has 0 amide bonds. The SMILES string of the molecule is Cc1ccc(CN2C[C@H]3C[C@]3(N)C2)cc1C. The summed E-state index contributed by atoms with van der Waals surface area (Å²) in [5.74, 6) is 0.777. The van der Waals surface area contributed by atoms with Crippen molar-refractivity contribution in [1.29, 1.82) is 0 Å². The maximum Gasteiger partial charge on any atom is 0.0328 e. The monoisotopic (exact) mass is 216 g/mol. The van der Waals surface area contributed by atoms with Crippen molar-refractivity contribution in [2.75, 3.05) is 13.1 Å². The zero-order valence-corrected chi connectivity index (χ0v) is 10.2. The summed E-state index contributed by atoms with van der Waals surface area (Å²) in [6.45, 7) is 7.70. The Kier molecular flexibility index (Phi) is 2.13. The van der Waals surface area contributed by atoms with E-state index in [0.29, 0.717) is 0 Å². The van der Waals surface area contributed by atoms with Gasteiger partial charge in [-0.25, -0.2) is 0 Å². The molecule has 0 aromatic heterocycles. The van der Waals surface area contributed by atoms with E-state index in [9.17, 15) is 0 Å². The van der Waals surface area contributed by atoms with Crippen LogP contribution in [0.5, 0.6) is 0 Å². The van der Waals surface area contributed by atoms with Gasteiger partial charge in [-0.15, -0.1) is 0 Å². The van der Waals surface area contributed by atoms with Gasteiger partial charge in [0, 0.05) is 25.2 Å². The van der Waals surface area contributed by atoms with Gasteiger partial charge in [-0.05, 0) is 42.9 Å². The van der Waals surface area contributed by atoms with Crippen LogP contribution in [0.2, 0.25) is 0 Å². The largest absolute Gasteiger partial charge is 0.324 e. The van der Waals surface area contributed by atoms with Crippen molar-refractivity contribution in [3.8, 4) is 0 Å². The van der Waals surface area contributed by atoms with Gasteiger partial charge in [-0.1, -0.05) is 18.2 Å². The average Bonchev–Trinajstić information content (AvgIpc) is 2.72. The third kappa shape index (κ3) is 1.66. The summed E-state index contributed by atoms with van der Waals surface area (Å²) in [6.07, 6.45) is 1.25. The second-order valence-corrected chi connectivity index (χ2v) is 5.72. The summed E-state index contributed by atoms with van der Waals surface area (Å²) in [6, 6.07) is 6.78. The summed E-state index contributed by atoms with van der Waals surface area (Å²) in [5, 5.41) is 0. The summed E-state index contributed by atoms with van der Waals surface area (Å²) < 4.78 is 0. The van der Waals surface area contributed by atoms with E-state index in [4.69, 9.17) is 5.73 Å². The smallest absolute Gasteiger partial charge is 0.0328 e. The van der Waals surface area contributed by atoms with Gasteiger partial charge < -0.3 is 5.73 Å². The molecule has 1 aromatic rings. The van der Waals surface area contributed by atoms with Crippen molar-refractivity contribution >= 4 is 0 Å². The van der Waals surface area contributed by atoms with Crippen molar-refractivity contribution in [2.24, 2.45) is 11.7 Å². The highest BCUT2D eigenvalue weighted by Gasteiger charge is 2.56. The molecule has 0 spiro atoms. The molecule has 1 saturated heterocycles. The molecule has 2 nitrogen and oxygen atoms in total. The van der Waals surface area contributed by atoms with E-state index in [1.54, 1.807) is 0 Å². The average molecular weight is 216 g/mol. The molecule has 0 radical (unpaired) electrons. The van der Waals surface area contributed by atoms with Gasteiger partial charge in [0.15, 0.2) is 0 Å². The van der Waals surface area contributed by atoms with Crippen LogP contribution >= 0.6 is 0 Å². The summed E-state index contributed by atoms with van der Waals surface area (Å²) in [4.78, 5) is 2.50. The van der Waals surface area contributed by atoms with Crippen LogP contribution in [0.3, 0.4) is 0 Å². The van der Waals surface area contributed by atoms with Crippen molar-refractivity contribution in [3.05, 3.63) is 34.9 Å². The number of rotatable bonds is 2. The van der Waals surface area contributed by atoms with E-state index in [1.165, 1.54) is 29.7 Å². The van der Waals surface area contributed by atoms with Gasteiger partial charge in [-0.2, -0.15) is 0 Å². The number of nitrogens with zero attached hydrogens (tertiary/aromatic N) is 1. The van der Waals surface area contributed by atoms with Gasteiger partial charge in [0.25, 0.3) is 0 Å². The first-order chi connectivity index (χ1) is 7.57. The predicted octanol–water partition coefficient (Wildman–Crippen LogP) is 1.84. The van der Waals surface area contributed by atoms with Crippen LogP contribution in [-0.2, 0) is 6.54 Å². The van der Waals surface area contributed by atoms with Gasteiger partial charge in [-0.3, -0.25) is 4.90 Å². The van der Waals surface area contributed by atoms with Gasteiger partial charge in [0.2, 0.25) is 0 Å². The number of hydrogen-bond donors (Lipinski definition) is 1. The molecule has 2 heteroatoms. The molecule has 1 heterocycles. The van der Waals surface area contributed by atoms with E-state index < -0.39 is 0 Å². The quantitative estimate of drug-likeness (QED) is 0.817. The summed E-state index contributed by atoms with van der Waals surface area (Å²) >= 11 is 0. The molecule has 1 aliphatic heterocycles. The van der Waals surface area contributed by atoms with Crippen LogP contribution in [-0.4, -0.2) is 23.5 Å². The third-order valence-corrected chi connectivity index (χ3v) is 4.25. The fourth-order valence-corrected chi connectivity index (χ4v) is 2.91. The highest BCUT2D eigenvalue weighted by Crippen LogP contribution is 2.47. The lowest BCUT2D eigenvalue weighted by atomic mass is 10.1. The molecule has 16 heavy (non-hydrogen) atoms. The zero-order chi connectivity index (χ0) is 11.3. The Labute approximate surface area is 97.4 Å². The van der Waals surface area contributed by atoms with E-state index >= 15 is 0 Å². The molecule has 2 aliphatic rings. The molecule has 2 atom stereocenters. The number of aryl methyl sites for hydroxylation is 2. The normalized spacial score (nSPS) is 32.8. The summed E-state index contributed by atoms with van der Waals surface area (Å²) in [7, 11) is 0. The number of piperidine rings is 1. The first kappa shape index (κ1) is 10.3. The number of nitrogens with two attached hydrogens (primary N) is 1. The van der Waals surface area contributed by atoms with E-state index in [2.05, 4.69) is 36.9 Å². The maximum atomic E-state index is 6.21. The molecule has 3 rings (SSSR count). The number of hydrogen-bond acceptors (Lipinski definition) is 2. The lowest BCUT2D eigenvalue weighted by Crippen LogP contribution is -2.32. The highest BCUT2D eigenvalue weighted by molar-refractivity contribution is 5.30. The Morgan fingerprint density at radius 2 is 2.19 bits per heavy atom. The first-order valence-corrected chi connectivity index (χ1v) is 6.14. The van der Waals surface area contributed by atoms with Crippen molar-refractivity contribution < 1.29 is 0 Å². The van der Waals surface area contributed by atoms with Crippen LogP contribution in [0.15, 0.2) is 18.2 Å². The summed E-state index contributed by atoms with van der Waals surface area (Å²) in [5.41, 5.74) is 10.6. The minimum absolute atomic E-state index is 0.180. The van der Waals surface area contributed by atoms with Crippen molar-refractivity contribution in [3.63, 3.8) is 0 Å². The van der Waals surface area contributed by atoms with Gasteiger partial charge in [0.1, 0.15) is 0 Å². The highest BCUT2D eigenvalue weighted by atomic mass is 15.2. The molecular weight excluding hydrogens is 196 g/mol. The Hall–Kier alpha value is -0.860. The fourth-order valence-electron chi connectivity index (χ4n) is 2.91. The standard InChI is InChI=1S/C14H20N2/c1-10-3-4-12(5-11(10)2)7-16-8-13-6-14(13,15)9-16/h3-5,13H,6-9,15H2,1-2H3/t13-,14+/m1/s1. The molecule has 86 valence electrons. The Balaban J connectivity index is 1.68. The van der Waals surface area contributed by atoms with Crippen LogP contribution in [0.25, 0.3) is 0 Å². The Bertz CT molecular complexity index is 427.